The monoisotopic (exact) mass is 225 g/mol. The highest BCUT2D eigenvalue weighted by atomic mass is 16.2. The first-order chi connectivity index (χ1) is 7.47. The number of hydrogen-bond donors (Lipinski definition) is 4. The zero-order valence-corrected chi connectivity index (χ0v) is 9.42. The first kappa shape index (κ1) is 12.0. The van der Waals surface area contributed by atoms with Gasteiger partial charge in [0.25, 0.3) is 5.91 Å². The molecule has 0 spiro atoms. The third-order valence-electron chi connectivity index (χ3n) is 2.20. The number of H-pyrrole nitrogens is 1. The van der Waals surface area contributed by atoms with Gasteiger partial charge >= 0.3 is 0 Å². The van der Waals surface area contributed by atoms with E-state index in [2.05, 4.69) is 20.8 Å². The van der Waals surface area contributed by atoms with Gasteiger partial charge in [-0.1, -0.05) is 0 Å². The molecule has 88 valence electrons. The summed E-state index contributed by atoms with van der Waals surface area (Å²) < 4.78 is 0. The highest BCUT2D eigenvalue weighted by Gasteiger charge is 2.19. The highest BCUT2D eigenvalue weighted by molar-refractivity contribution is 5.99. The third-order valence-corrected chi connectivity index (χ3v) is 2.20. The Balaban J connectivity index is 2.73. The van der Waals surface area contributed by atoms with Crippen LogP contribution in [-0.4, -0.2) is 35.1 Å². The number of anilines is 1. The molecule has 1 unspecified atom stereocenters. The molecule has 2 amide bonds. The molecule has 16 heavy (non-hydrogen) atoms. The van der Waals surface area contributed by atoms with Gasteiger partial charge in [-0.15, -0.1) is 0 Å². The lowest BCUT2D eigenvalue weighted by molar-refractivity contribution is -0.122. The van der Waals surface area contributed by atoms with Crippen LogP contribution < -0.4 is 16.4 Å². The zero-order chi connectivity index (χ0) is 12.3. The average molecular weight is 225 g/mol. The Hall–Kier alpha value is -2.05. The molecular weight excluding hydrogens is 210 g/mol. The van der Waals surface area contributed by atoms with Gasteiger partial charge < -0.3 is 16.4 Å². The predicted molar refractivity (Wildman–Crippen MR) is 58.7 cm³/mol. The Bertz CT molecular complexity index is 412. The molecule has 0 aliphatic rings. The van der Waals surface area contributed by atoms with Gasteiger partial charge in [-0.25, -0.2) is 0 Å². The largest absolute Gasteiger partial charge is 0.395 e. The minimum atomic E-state index is -0.631. The van der Waals surface area contributed by atoms with Crippen molar-refractivity contribution in [1.82, 2.24) is 20.8 Å². The second-order valence-corrected chi connectivity index (χ2v) is 3.42. The van der Waals surface area contributed by atoms with Crippen molar-refractivity contribution in [1.29, 1.82) is 0 Å². The van der Waals surface area contributed by atoms with Gasteiger partial charge in [-0.2, -0.15) is 5.10 Å². The van der Waals surface area contributed by atoms with Crippen LogP contribution >= 0.6 is 0 Å². The van der Waals surface area contributed by atoms with E-state index in [-0.39, 0.29) is 11.6 Å². The molecular formula is C9H15N5O2. The number of carbonyl (C=O) groups is 2. The molecule has 7 nitrogen and oxygen atoms in total. The summed E-state index contributed by atoms with van der Waals surface area (Å²) in [5.41, 5.74) is 6.65. The summed E-state index contributed by atoms with van der Waals surface area (Å²) in [5.74, 6) is -0.753. The third kappa shape index (κ3) is 2.30. The van der Waals surface area contributed by atoms with Crippen LogP contribution in [0.3, 0.4) is 0 Å². The SMILES string of the molecule is CNC(=O)C(C)NC(=O)c1n[nH]c(C)c1N. The summed E-state index contributed by atoms with van der Waals surface area (Å²) in [6, 6.07) is -0.631. The summed E-state index contributed by atoms with van der Waals surface area (Å²) in [6.07, 6.45) is 0. The smallest absolute Gasteiger partial charge is 0.274 e. The van der Waals surface area contributed by atoms with Gasteiger partial charge in [0.15, 0.2) is 5.69 Å². The van der Waals surface area contributed by atoms with Crippen molar-refractivity contribution < 1.29 is 9.59 Å². The van der Waals surface area contributed by atoms with E-state index < -0.39 is 11.9 Å². The summed E-state index contributed by atoms with van der Waals surface area (Å²) >= 11 is 0. The lowest BCUT2D eigenvalue weighted by Gasteiger charge is -2.11. The number of aryl methyl sites for hydroxylation is 1. The van der Waals surface area contributed by atoms with Crippen molar-refractivity contribution in [3.8, 4) is 0 Å². The van der Waals surface area contributed by atoms with Crippen LogP contribution in [0, 0.1) is 6.92 Å². The fourth-order valence-electron chi connectivity index (χ4n) is 1.16. The van der Waals surface area contributed by atoms with Gasteiger partial charge in [0.1, 0.15) is 6.04 Å². The van der Waals surface area contributed by atoms with Crippen LogP contribution in [0.2, 0.25) is 0 Å². The number of nitrogen functional groups attached to an aromatic ring is 1. The van der Waals surface area contributed by atoms with E-state index in [0.717, 1.165) is 0 Å². The topological polar surface area (TPSA) is 113 Å². The van der Waals surface area contributed by atoms with Crippen molar-refractivity contribution in [2.24, 2.45) is 0 Å². The predicted octanol–water partition coefficient (Wildman–Crippen LogP) is -0.835. The van der Waals surface area contributed by atoms with Gasteiger partial charge in [0.2, 0.25) is 5.91 Å². The van der Waals surface area contributed by atoms with Gasteiger partial charge in [0.05, 0.1) is 11.4 Å². The number of aromatic amines is 1. The second kappa shape index (κ2) is 4.65. The molecule has 1 atom stereocenters. The quantitative estimate of drug-likeness (QED) is 0.537. The van der Waals surface area contributed by atoms with Gasteiger partial charge in [-0.05, 0) is 13.8 Å². The van der Waals surface area contributed by atoms with Crippen molar-refractivity contribution >= 4 is 17.5 Å². The van der Waals surface area contributed by atoms with Crippen LogP contribution in [0.5, 0.6) is 0 Å². The van der Waals surface area contributed by atoms with Crippen LogP contribution in [0.1, 0.15) is 23.1 Å². The Morgan fingerprint density at radius 3 is 2.56 bits per heavy atom. The molecule has 0 saturated heterocycles. The molecule has 0 aliphatic carbocycles. The number of rotatable bonds is 3. The normalized spacial score (nSPS) is 11.9. The van der Waals surface area contributed by atoms with E-state index in [4.69, 9.17) is 5.73 Å². The Morgan fingerprint density at radius 2 is 2.12 bits per heavy atom. The molecule has 7 heteroatoms. The molecule has 0 saturated carbocycles. The van der Waals surface area contributed by atoms with E-state index in [9.17, 15) is 9.59 Å². The molecule has 5 N–H and O–H groups in total. The minimum absolute atomic E-state index is 0.105. The number of aromatic nitrogens is 2. The molecule has 1 aromatic heterocycles. The fraction of sp³-hybridized carbons (Fsp3) is 0.444. The average Bonchev–Trinajstić information content (AvgIpc) is 2.58. The number of nitrogens with one attached hydrogen (secondary N) is 3. The van der Waals surface area contributed by atoms with E-state index in [0.29, 0.717) is 11.4 Å². The van der Waals surface area contributed by atoms with Crippen LogP contribution in [0.25, 0.3) is 0 Å². The van der Waals surface area contributed by atoms with Gasteiger partial charge in [-0.3, -0.25) is 14.7 Å². The molecule has 1 heterocycles. The second-order valence-electron chi connectivity index (χ2n) is 3.42. The summed E-state index contributed by atoms with van der Waals surface area (Å²) in [5, 5.41) is 11.3. The van der Waals surface area contributed by atoms with E-state index >= 15 is 0 Å². The molecule has 1 rings (SSSR count). The number of nitrogens with zero attached hydrogens (tertiary/aromatic N) is 1. The van der Waals surface area contributed by atoms with Crippen LogP contribution in [0.15, 0.2) is 0 Å². The zero-order valence-electron chi connectivity index (χ0n) is 9.42. The minimum Gasteiger partial charge on any atom is -0.395 e. The maximum atomic E-state index is 11.7. The molecule has 0 aromatic carbocycles. The molecule has 1 aromatic rings. The highest BCUT2D eigenvalue weighted by Crippen LogP contribution is 2.11. The van der Waals surface area contributed by atoms with Crippen LogP contribution in [0.4, 0.5) is 5.69 Å². The number of amides is 2. The van der Waals surface area contributed by atoms with Crippen molar-refractivity contribution in [3.05, 3.63) is 11.4 Å². The lowest BCUT2D eigenvalue weighted by Crippen LogP contribution is -2.43. The summed E-state index contributed by atoms with van der Waals surface area (Å²) in [6.45, 7) is 3.29. The standard InChI is InChI=1S/C9H15N5O2/c1-4-6(10)7(14-13-4)9(16)12-5(2)8(15)11-3/h5H,10H2,1-3H3,(H,11,15)(H,12,16)(H,13,14). The van der Waals surface area contributed by atoms with E-state index in [1.54, 1.807) is 13.8 Å². The number of likely N-dealkylation sites (N-methyl/N-ethyl adjacent to an activating group) is 1. The Labute approximate surface area is 92.8 Å². The first-order valence-electron chi connectivity index (χ1n) is 4.80. The van der Waals surface area contributed by atoms with E-state index in [1.165, 1.54) is 7.05 Å². The molecule has 0 radical (unpaired) electrons. The van der Waals surface area contributed by atoms with Gasteiger partial charge in [0, 0.05) is 7.05 Å². The van der Waals surface area contributed by atoms with Crippen molar-refractivity contribution in [2.45, 2.75) is 19.9 Å². The Morgan fingerprint density at radius 1 is 1.50 bits per heavy atom. The molecule has 0 bridgehead atoms. The first-order valence-corrected chi connectivity index (χ1v) is 4.80. The number of hydrogen-bond acceptors (Lipinski definition) is 4. The number of nitrogens with two attached hydrogens (primary N) is 1. The fourth-order valence-corrected chi connectivity index (χ4v) is 1.16. The molecule has 0 aliphatic heterocycles. The summed E-state index contributed by atoms with van der Waals surface area (Å²) in [7, 11) is 1.50. The van der Waals surface area contributed by atoms with Crippen molar-refractivity contribution in [2.75, 3.05) is 12.8 Å². The lowest BCUT2D eigenvalue weighted by atomic mass is 10.2. The molecule has 0 fully saturated rings. The van der Waals surface area contributed by atoms with E-state index in [1.807, 2.05) is 0 Å². The number of carbonyl (C=O) groups excluding carboxylic acids is 2. The Kier molecular flexibility index (Phi) is 3.49. The van der Waals surface area contributed by atoms with Crippen molar-refractivity contribution in [3.63, 3.8) is 0 Å². The maximum absolute atomic E-state index is 11.7. The van der Waals surface area contributed by atoms with Crippen LogP contribution in [-0.2, 0) is 4.79 Å². The summed E-state index contributed by atoms with van der Waals surface area (Å²) in [4.78, 5) is 22.8. The maximum Gasteiger partial charge on any atom is 0.274 e.